The van der Waals surface area contributed by atoms with E-state index in [0.717, 1.165) is 0 Å². The van der Waals surface area contributed by atoms with Gasteiger partial charge in [0.25, 0.3) is 5.91 Å². The fourth-order valence-electron chi connectivity index (χ4n) is 2.47. The SMILES string of the molecule is CCOC(=O)N1CCC(NC(=O)c2nn3c(C)nnc3s2)CC1. The zero-order valence-corrected chi connectivity index (χ0v) is 13.8. The average molecular weight is 338 g/mol. The van der Waals surface area contributed by atoms with Crippen molar-refractivity contribution in [1.82, 2.24) is 30.0 Å². The minimum atomic E-state index is -0.290. The maximum absolute atomic E-state index is 12.3. The monoisotopic (exact) mass is 338 g/mol. The molecule has 23 heavy (non-hydrogen) atoms. The van der Waals surface area contributed by atoms with E-state index in [1.54, 1.807) is 23.3 Å². The molecule has 3 rings (SSSR count). The number of aryl methyl sites for hydroxylation is 1. The average Bonchev–Trinajstić information content (AvgIpc) is 3.11. The molecule has 0 spiro atoms. The number of carbonyl (C=O) groups excluding carboxylic acids is 2. The van der Waals surface area contributed by atoms with Crippen molar-refractivity contribution in [2.75, 3.05) is 19.7 Å². The topological polar surface area (TPSA) is 102 Å². The lowest BCUT2D eigenvalue weighted by atomic mass is 10.1. The molecule has 0 aromatic carbocycles. The Hall–Kier alpha value is -2.23. The van der Waals surface area contributed by atoms with Gasteiger partial charge in [-0.2, -0.15) is 4.52 Å². The highest BCUT2D eigenvalue weighted by Gasteiger charge is 2.26. The summed E-state index contributed by atoms with van der Waals surface area (Å²) >= 11 is 1.21. The van der Waals surface area contributed by atoms with Gasteiger partial charge in [0.2, 0.25) is 9.97 Å². The number of piperidine rings is 1. The van der Waals surface area contributed by atoms with Gasteiger partial charge in [0.1, 0.15) is 0 Å². The normalized spacial score (nSPS) is 15.8. The van der Waals surface area contributed by atoms with Crippen LogP contribution >= 0.6 is 11.3 Å². The lowest BCUT2D eigenvalue weighted by molar-refractivity contribution is 0.0859. The molecule has 2 aromatic rings. The van der Waals surface area contributed by atoms with Crippen LogP contribution in [0.15, 0.2) is 0 Å². The summed E-state index contributed by atoms with van der Waals surface area (Å²) in [5, 5.41) is 15.4. The summed E-state index contributed by atoms with van der Waals surface area (Å²) in [5.74, 6) is 0.438. The van der Waals surface area contributed by atoms with Crippen LogP contribution in [0.5, 0.6) is 0 Å². The Kier molecular flexibility index (Phi) is 4.42. The lowest BCUT2D eigenvalue weighted by Gasteiger charge is -2.31. The summed E-state index contributed by atoms with van der Waals surface area (Å²) in [5.41, 5.74) is 0. The molecule has 3 heterocycles. The third kappa shape index (κ3) is 3.26. The molecule has 2 amide bonds. The van der Waals surface area contributed by atoms with Crippen molar-refractivity contribution in [3.05, 3.63) is 10.8 Å². The number of nitrogens with zero attached hydrogens (tertiary/aromatic N) is 5. The van der Waals surface area contributed by atoms with E-state index >= 15 is 0 Å². The largest absolute Gasteiger partial charge is 0.450 e. The van der Waals surface area contributed by atoms with Gasteiger partial charge in [0.05, 0.1) is 6.61 Å². The molecule has 1 fully saturated rings. The highest BCUT2D eigenvalue weighted by molar-refractivity contribution is 7.18. The van der Waals surface area contributed by atoms with E-state index in [9.17, 15) is 9.59 Å². The van der Waals surface area contributed by atoms with Crippen molar-refractivity contribution in [3.8, 4) is 0 Å². The fraction of sp³-hybridized carbons (Fsp3) is 0.615. The predicted octanol–water partition coefficient (Wildman–Crippen LogP) is 0.845. The van der Waals surface area contributed by atoms with Crippen LogP contribution in [0.3, 0.4) is 0 Å². The molecule has 1 aliphatic rings. The third-order valence-electron chi connectivity index (χ3n) is 3.70. The predicted molar refractivity (Wildman–Crippen MR) is 82.5 cm³/mol. The van der Waals surface area contributed by atoms with Crippen molar-refractivity contribution in [2.45, 2.75) is 32.7 Å². The summed E-state index contributed by atoms with van der Waals surface area (Å²) in [4.78, 5) is 26.2. The van der Waals surface area contributed by atoms with Crippen LogP contribution < -0.4 is 5.32 Å². The first-order chi connectivity index (χ1) is 11.1. The van der Waals surface area contributed by atoms with Crippen molar-refractivity contribution in [3.63, 3.8) is 0 Å². The van der Waals surface area contributed by atoms with Crippen LogP contribution in [-0.2, 0) is 4.74 Å². The Morgan fingerprint density at radius 3 is 2.74 bits per heavy atom. The Morgan fingerprint density at radius 1 is 1.35 bits per heavy atom. The summed E-state index contributed by atoms with van der Waals surface area (Å²) in [6, 6.07) is 0.0311. The summed E-state index contributed by atoms with van der Waals surface area (Å²) in [6.45, 7) is 5.09. The first-order valence-electron chi connectivity index (χ1n) is 7.50. The summed E-state index contributed by atoms with van der Waals surface area (Å²) in [7, 11) is 0. The molecule has 0 atom stereocenters. The number of aromatic nitrogens is 4. The van der Waals surface area contributed by atoms with E-state index in [2.05, 4.69) is 20.6 Å². The molecule has 1 N–H and O–H groups in total. The zero-order chi connectivity index (χ0) is 16.4. The molecule has 0 bridgehead atoms. The van der Waals surface area contributed by atoms with Crippen molar-refractivity contribution < 1.29 is 14.3 Å². The first-order valence-corrected chi connectivity index (χ1v) is 8.31. The third-order valence-corrected chi connectivity index (χ3v) is 4.59. The van der Waals surface area contributed by atoms with Gasteiger partial charge < -0.3 is 15.0 Å². The Balaban J connectivity index is 1.56. The number of fused-ring (bicyclic) bond motifs is 1. The van der Waals surface area contributed by atoms with E-state index in [4.69, 9.17) is 4.74 Å². The highest BCUT2D eigenvalue weighted by Crippen LogP contribution is 2.16. The standard InChI is InChI=1S/C13H18N6O3S/c1-3-22-13(21)18-6-4-9(5-7-18)14-10(20)11-17-19-8(2)15-16-12(19)23-11/h9H,3-7H2,1-2H3,(H,14,20). The van der Waals surface area contributed by atoms with Crippen molar-refractivity contribution >= 4 is 28.3 Å². The first kappa shape index (κ1) is 15.7. The van der Waals surface area contributed by atoms with Crippen LogP contribution in [0.1, 0.15) is 35.4 Å². The van der Waals surface area contributed by atoms with E-state index in [1.165, 1.54) is 11.3 Å². The maximum Gasteiger partial charge on any atom is 0.409 e. The molecule has 1 aliphatic heterocycles. The molecule has 10 heteroatoms. The minimum absolute atomic E-state index is 0.0311. The second-order valence-electron chi connectivity index (χ2n) is 5.28. The Morgan fingerprint density at radius 2 is 2.09 bits per heavy atom. The molecule has 0 aliphatic carbocycles. The maximum atomic E-state index is 12.3. The lowest BCUT2D eigenvalue weighted by Crippen LogP contribution is -2.46. The molecule has 0 radical (unpaired) electrons. The number of hydrogen-bond donors (Lipinski definition) is 1. The minimum Gasteiger partial charge on any atom is -0.450 e. The molecule has 0 saturated carbocycles. The van der Waals surface area contributed by atoms with E-state index in [0.29, 0.717) is 48.3 Å². The molecule has 0 unspecified atom stereocenters. The molecule has 1 saturated heterocycles. The Labute approximate surface area is 136 Å². The van der Waals surface area contributed by atoms with E-state index < -0.39 is 0 Å². The number of likely N-dealkylation sites (tertiary alicyclic amines) is 1. The van der Waals surface area contributed by atoms with Gasteiger partial charge in [-0.1, -0.05) is 11.3 Å². The Bertz CT molecular complexity index is 718. The zero-order valence-electron chi connectivity index (χ0n) is 13.0. The molecule has 9 nitrogen and oxygen atoms in total. The fourth-order valence-corrected chi connectivity index (χ4v) is 3.26. The summed E-state index contributed by atoms with van der Waals surface area (Å²) in [6.07, 6.45) is 1.11. The molecule has 124 valence electrons. The van der Waals surface area contributed by atoms with Crippen LogP contribution in [0.2, 0.25) is 0 Å². The number of amides is 2. The second-order valence-corrected chi connectivity index (χ2v) is 6.24. The van der Waals surface area contributed by atoms with Crippen LogP contribution in [0.25, 0.3) is 4.96 Å². The van der Waals surface area contributed by atoms with E-state index in [-0.39, 0.29) is 18.0 Å². The van der Waals surface area contributed by atoms with Gasteiger partial charge in [-0.05, 0) is 26.7 Å². The number of rotatable bonds is 3. The second kappa shape index (κ2) is 6.49. The summed E-state index contributed by atoms with van der Waals surface area (Å²) < 4.78 is 6.54. The molecular weight excluding hydrogens is 320 g/mol. The smallest absolute Gasteiger partial charge is 0.409 e. The van der Waals surface area contributed by atoms with Crippen LogP contribution in [0.4, 0.5) is 4.79 Å². The highest BCUT2D eigenvalue weighted by atomic mass is 32.1. The van der Waals surface area contributed by atoms with Crippen molar-refractivity contribution in [2.24, 2.45) is 0 Å². The quantitative estimate of drug-likeness (QED) is 0.890. The van der Waals surface area contributed by atoms with Gasteiger partial charge >= 0.3 is 6.09 Å². The van der Waals surface area contributed by atoms with Crippen LogP contribution in [-0.4, -0.2) is 62.5 Å². The molecular formula is C13H18N6O3S. The number of ether oxygens (including phenoxy) is 1. The number of hydrogen-bond acceptors (Lipinski definition) is 7. The van der Waals surface area contributed by atoms with E-state index in [1.807, 2.05) is 0 Å². The van der Waals surface area contributed by atoms with Gasteiger partial charge in [-0.3, -0.25) is 4.79 Å². The van der Waals surface area contributed by atoms with Gasteiger partial charge in [0.15, 0.2) is 5.82 Å². The number of carbonyl (C=O) groups is 2. The number of nitrogens with one attached hydrogen (secondary N) is 1. The van der Waals surface area contributed by atoms with Gasteiger partial charge in [-0.25, -0.2) is 4.79 Å². The van der Waals surface area contributed by atoms with Crippen LogP contribution in [0, 0.1) is 6.92 Å². The molecule has 2 aromatic heterocycles. The van der Waals surface area contributed by atoms with Gasteiger partial charge in [-0.15, -0.1) is 15.3 Å². The van der Waals surface area contributed by atoms with Gasteiger partial charge in [0, 0.05) is 19.1 Å². The van der Waals surface area contributed by atoms with Crippen molar-refractivity contribution in [1.29, 1.82) is 0 Å².